The summed E-state index contributed by atoms with van der Waals surface area (Å²) in [6.07, 6.45) is 1.27. The Morgan fingerprint density at radius 2 is 1.73 bits per heavy atom. The molecule has 0 spiro atoms. The third-order valence-electron chi connectivity index (χ3n) is 2.72. The predicted octanol–water partition coefficient (Wildman–Crippen LogP) is 3.43. The zero-order chi connectivity index (χ0) is 11.1. The summed E-state index contributed by atoms with van der Waals surface area (Å²) >= 11 is 0. The second kappa shape index (κ2) is 6.62. The lowest BCUT2D eigenvalue weighted by Crippen LogP contribution is -2.22. The molecule has 1 aromatic carbocycles. The molecule has 0 radical (unpaired) electrons. The Labute approximate surface area is 93.9 Å². The maximum absolute atomic E-state index is 3.51. The number of hydrogen-bond donors (Lipinski definition) is 1. The smallest absolute Gasteiger partial charge is 0.00174 e. The molecule has 84 valence electrons. The van der Waals surface area contributed by atoms with Crippen LogP contribution < -0.4 is 5.32 Å². The topological polar surface area (TPSA) is 12.0 Å². The summed E-state index contributed by atoms with van der Waals surface area (Å²) in [7, 11) is 0. The molecular weight excluding hydrogens is 182 g/mol. The summed E-state index contributed by atoms with van der Waals surface area (Å²) in [6, 6.07) is 10.7. The summed E-state index contributed by atoms with van der Waals surface area (Å²) in [4.78, 5) is 0. The largest absolute Gasteiger partial charge is 0.316 e. The van der Waals surface area contributed by atoms with Gasteiger partial charge in [0.05, 0.1) is 0 Å². The molecule has 0 heterocycles. The standard InChI is InChI=1S/C14H23N/c1-12(2)9-10-15-11-13(3)14-7-5-4-6-8-14/h4-8,12-13,15H,9-11H2,1-3H3/t13-/m0/s1. The molecule has 1 atom stereocenters. The van der Waals surface area contributed by atoms with Crippen LogP contribution in [0.1, 0.15) is 38.7 Å². The van der Waals surface area contributed by atoms with Crippen LogP contribution in [-0.2, 0) is 0 Å². The van der Waals surface area contributed by atoms with E-state index in [0.29, 0.717) is 5.92 Å². The quantitative estimate of drug-likeness (QED) is 0.702. The summed E-state index contributed by atoms with van der Waals surface area (Å²) in [6.45, 7) is 9.02. The van der Waals surface area contributed by atoms with E-state index >= 15 is 0 Å². The van der Waals surface area contributed by atoms with Gasteiger partial charge < -0.3 is 5.32 Å². The average molecular weight is 205 g/mol. The lowest BCUT2D eigenvalue weighted by atomic mass is 10.0. The van der Waals surface area contributed by atoms with Crippen molar-refractivity contribution in [2.75, 3.05) is 13.1 Å². The van der Waals surface area contributed by atoms with Crippen molar-refractivity contribution >= 4 is 0 Å². The Bertz CT molecular complexity index is 253. The van der Waals surface area contributed by atoms with Crippen LogP contribution in [0.2, 0.25) is 0 Å². The van der Waals surface area contributed by atoms with Crippen LogP contribution in [0.5, 0.6) is 0 Å². The fraction of sp³-hybridized carbons (Fsp3) is 0.571. The first-order chi connectivity index (χ1) is 7.20. The molecule has 0 aliphatic heterocycles. The van der Waals surface area contributed by atoms with E-state index in [4.69, 9.17) is 0 Å². The second-order valence-corrected chi connectivity index (χ2v) is 4.70. The van der Waals surface area contributed by atoms with Gasteiger partial charge in [-0.15, -0.1) is 0 Å². The van der Waals surface area contributed by atoms with Gasteiger partial charge in [0.1, 0.15) is 0 Å². The van der Waals surface area contributed by atoms with Gasteiger partial charge in [-0.1, -0.05) is 51.1 Å². The van der Waals surface area contributed by atoms with Crippen molar-refractivity contribution in [2.45, 2.75) is 33.1 Å². The van der Waals surface area contributed by atoms with Crippen LogP contribution in [0.3, 0.4) is 0 Å². The monoisotopic (exact) mass is 205 g/mol. The molecule has 1 rings (SSSR count). The fourth-order valence-electron chi connectivity index (χ4n) is 1.61. The van der Waals surface area contributed by atoms with Gasteiger partial charge in [-0.05, 0) is 30.4 Å². The van der Waals surface area contributed by atoms with Crippen LogP contribution in [0.25, 0.3) is 0 Å². The highest BCUT2D eigenvalue weighted by molar-refractivity contribution is 5.18. The Kier molecular flexibility index (Phi) is 5.41. The van der Waals surface area contributed by atoms with Crippen molar-refractivity contribution in [1.82, 2.24) is 5.32 Å². The molecular formula is C14H23N. The van der Waals surface area contributed by atoms with Gasteiger partial charge >= 0.3 is 0 Å². The average Bonchev–Trinajstić information content (AvgIpc) is 2.25. The van der Waals surface area contributed by atoms with Gasteiger partial charge in [0, 0.05) is 6.54 Å². The number of nitrogens with one attached hydrogen (secondary N) is 1. The van der Waals surface area contributed by atoms with Crippen molar-refractivity contribution in [3.8, 4) is 0 Å². The van der Waals surface area contributed by atoms with Crippen LogP contribution >= 0.6 is 0 Å². The van der Waals surface area contributed by atoms with Crippen LogP contribution in [0, 0.1) is 5.92 Å². The van der Waals surface area contributed by atoms with Crippen LogP contribution in [-0.4, -0.2) is 13.1 Å². The van der Waals surface area contributed by atoms with Gasteiger partial charge in [-0.25, -0.2) is 0 Å². The summed E-state index contributed by atoms with van der Waals surface area (Å²) < 4.78 is 0. The number of rotatable bonds is 6. The molecule has 1 nitrogen and oxygen atoms in total. The zero-order valence-corrected chi connectivity index (χ0v) is 10.2. The minimum Gasteiger partial charge on any atom is -0.316 e. The fourth-order valence-corrected chi connectivity index (χ4v) is 1.61. The molecule has 0 aliphatic carbocycles. The summed E-state index contributed by atoms with van der Waals surface area (Å²) in [5.74, 6) is 1.41. The van der Waals surface area contributed by atoms with E-state index in [2.05, 4.69) is 56.4 Å². The van der Waals surface area contributed by atoms with Crippen molar-refractivity contribution in [3.05, 3.63) is 35.9 Å². The normalized spacial score (nSPS) is 13.1. The van der Waals surface area contributed by atoms with Gasteiger partial charge in [0.2, 0.25) is 0 Å². The molecule has 0 bridgehead atoms. The van der Waals surface area contributed by atoms with Crippen molar-refractivity contribution < 1.29 is 0 Å². The molecule has 1 N–H and O–H groups in total. The van der Waals surface area contributed by atoms with Gasteiger partial charge in [-0.2, -0.15) is 0 Å². The van der Waals surface area contributed by atoms with Crippen LogP contribution in [0.4, 0.5) is 0 Å². The van der Waals surface area contributed by atoms with E-state index in [1.807, 2.05) is 0 Å². The Morgan fingerprint density at radius 3 is 2.33 bits per heavy atom. The first kappa shape index (κ1) is 12.3. The first-order valence-electron chi connectivity index (χ1n) is 5.96. The minimum atomic E-state index is 0.610. The zero-order valence-electron chi connectivity index (χ0n) is 10.2. The molecule has 0 aromatic heterocycles. The molecule has 0 saturated heterocycles. The van der Waals surface area contributed by atoms with E-state index < -0.39 is 0 Å². The first-order valence-corrected chi connectivity index (χ1v) is 5.96. The van der Waals surface area contributed by atoms with Crippen molar-refractivity contribution in [3.63, 3.8) is 0 Å². The molecule has 0 fully saturated rings. The van der Waals surface area contributed by atoms with Crippen molar-refractivity contribution in [1.29, 1.82) is 0 Å². The van der Waals surface area contributed by atoms with Gasteiger partial charge in [0.25, 0.3) is 0 Å². The highest BCUT2D eigenvalue weighted by Crippen LogP contribution is 2.12. The third-order valence-corrected chi connectivity index (χ3v) is 2.72. The second-order valence-electron chi connectivity index (χ2n) is 4.70. The minimum absolute atomic E-state index is 0.610. The van der Waals surface area contributed by atoms with E-state index in [9.17, 15) is 0 Å². The maximum atomic E-state index is 3.51. The van der Waals surface area contributed by atoms with E-state index in [1.165, 1.54) is 12.0 Å². The Morgan fingerprint density at radius 1 is 1.07 bits per heavy atom. The van der Waals surface area contributed by atoms with E-state index in [-0.39, 0.29) is 0 Å². The number of hydrogen-bond acceptors (Lipinski definition) is 1. The lowest BCUT2D eigenvalue weighted by molar-refractivity contribution is 0.522. The molecule has 0 aliphatic rings. The van der Waals surface area contributed by atoms with E-state index in [1.54, 1.807) is 0 Å². The molecule has 15 heavy (non-hydrogen) atoms. The molecule has 1 heteroatoms. The predicted molar refractivity (Wildman–Crippen MR) is 67.2 cm³/mol. The Hall–Kier alpha value is -0.820. The van der Waals surface area contributed by atoms with E-state index in [0.717, 1.165) is 19.0 Å². The SMILES string of the molecule is CC(C)CCNC[C@H](C)c1ccccc1. The number of benzene rings is 1. The molecule has 0 saturated carbocycles. The summed E-state index contributed by atoms with van der Waals surface area (Å²) in [5, 5.41) is 3.51. The van der Waals surface area contributed by atoms with Crippen LogP contribution in [0.15, 0.2) is 30.3 Å². The summed E-state index contributed by atoms with van der Waals surface area (Å²) in [5.41, 5.74) is 1.43. The molecule has 1 aromatic rings. The highest BCUT2D eigenvalue weighted by Gasteiger charge is 2.03. The lowest BCUT2D eigenvalue weighted by Gasteiger charge is -2.13. The maximum Gasteiger partial charge on any atom is 0.00174 e. The highest BCUT2D eigenvalue weighted by atomic mass is 14.8. The van der Waals surface area contributed by atoms with Gasteiger partial charge in [0.15, 0.2) is 0 Å². The third kappa shape index (κ3) is 4.98. The van der Waals surface area contributed by atoms with Gasteiger partial charge in [-0.3, -0.25) is 0 Å². The molecule has 0 amide bonds. The molecule has 0 unspecified atom stereocenters. The van der Waals surface area contributed by atoms with Crippen molar-refractivity contribution in [2.24, 2.45) is 5.92 Å². The Balaban J connectivity index is 2.22.